The zero-order valence-corrected chi connectivity index (χ0v) is 14.0. The lowest BCUT2D eigenvalue weighted by Crippen LogP contribution is -2.20. The lowest BCUT2D eigenvalue weighted by molar-refractivity contribution is 0.590. The second kappa shape index (κ2) is 6.43. The normalized spacial score (nSPS) is 11.4. The molecule has 4 heterocycles. The molecule has 0 saturated carbocycles. The Labute approximate surface area is 144 Å². The van der Waals surface area contributed by atoms with E-state index in [0.29, 0.717) is 22.5 Å². The molecule has 0 bridgehead atoms. The summed E-state index contributed by atoms with van der Waals surface area (Å²) in [5.74, 6) is 1.01. The number of fused-ring (bicyclic) bond motifs is 3. The third-order valence-electron chi connectivity index (χ3n) is 4.23. The monoisotopic (exact) mass is 334 g/mol. The van der Waals surface area contributed by atoms with E-state index in [2.05, 4.69) is 27.0 Å². The molecule has 0 radical (unpaired) electrons. The van der Waals surface area contributed by atoms with Crippen LogP contribution in [0.25, 0.3) is 28.1 Å². The molecule has 0 spiro atoms. The van der Waals surface area contributed by atoms with Crippen molar-refractivity contribution in [3.05, 3.63) is 53.3 Å². The molecule has 0 amide bonds. The first-order valence-electron chi connectivity index (χ1n) is 8.43. The highest BCUT2D eigenvalue weighted by Gasteiger charge is 2.12. The van der Waals surface area contributed by atoms with E-state index >= 15 is 0 Å². The quantitative estimate of drug-likeness (QED) is 0.524. The minimum Gasteiger partial charge on any atom is -0.315 e. The van der Waals surface area contributed by atoms with Gasteiger partial charge in [-0.2, -0.15) is 9.50 Å². The van der Waals surface area contributed by atoms with Gasteiger partial charge >= 0.3 is 0 Å². The molecule has 7 heteroatoms. The maximum atomic E-state index is 12.7. The van der Waals surface area contributed by atoms with Crippen molar-refractivity contribution in [2.75, 3.05) is 0 Å². The molecular formula is C18H18N6O. The van der Waals surface area contributed by atoms with Gasteiger partial charge in [0.15, 0.2) is 5.82 Å². The molecule has 0 unspecified atom stereocenters. The van der Waals surface area contributed by atoms with E-state index in [9.17, 15) is 4.79 Å². The Morgan fingerprint density at radius 3 is 2.88 bits per heavy atom. The van der Waals surface area contributed by atoms with Crippen LogP contribution in [0, 0.1) is 0 Å². The Morgan fingerprint density at radius 1 is 1.16 bits per heavy atom. The second-order valence-corrected chi connectivity index (χ2v) is 5.97. The number of hydrogen-bond acceptors (Lipinski definition) is 5. The first-order chi connectivity index (χ1) is 12.3. The summed E-state index contributed by atoms with van der Waals surface area (Å²) in [7, 11) is 0. The molecule has 0 aliphatic heterocycles. The van der Waals surface area contributed by atoms with E-state index in [1.54, 1.807) is 27.7 Å². The van der Waals surface area contributed by atoms with Gasteiger partial charge in [-0.25, -0.2) is 4.98 Å². The van der Waals surface area contributed by atoms with Crippen LogP contribution in [-0.4, -0.2) is 29.1 Å². The number of pyridine rings is 2. The number of hydrogen-bond donors (Lipinski definition) is 0. The molecule has 0 aliphatic rings. The fourth-order valence-electron chi connectivity index (χ4n) is 2.89. The van der Waals surface area contributed by atoms with E-state index in [1.165, 1.54) is 0 Å². The van der Waals surface area contributed by atoms with Crippen LogP contribution in [0.2, 0.25) is 0 Å². The van der Waals surface area contributed by atoms with Gasteiger partial charge in [0.1, 0.15) is 0 Å². The molecule has 4 aromatic rings. The van der Waals surface area contributed by atoms with Gasteiger partial charge in [0, 0.05) is 36.9 Å². The summed E-state index contributed by atoms with van der Waals surface area (Å²) >= 11 is 0. The van der Waals surface area contributed by atoms with Crippen molar-refractivity contribution < 1.29 is 0 Å². The molecule has 0 aromatic carbocycles. The Balaban J connectivity index is 1.82. The molecule has 25 heavy (non-hydrogen) atoms. The largest absolute Gasteiger partial charge is 0.315 e. The van der Waals surface area contributed by atoms with Crippen LogP contribution in [-0.2, 0) is 6.54 Å². The Hall–Kier alpha value is -3.09. The van der Waals surface area contributed by atoms with Crippen LogP contribution < -0.4 is 5.56 Å². The first kappa shape index (κ1) is 15.4. The topological polar surface area (TPSA) is 78.0 Å². The van der Waals surface area contributed by atoms with E-state index < -0.39 is 0 Å². The maximum Gasteiger partial charge on any atom is 0.261 e. The van der Waals surface area contributed by atoms with Gasteiger partial charge in [0.05, 0.1) is 10.9 Å². The summed E-state index contributed by atoms with van der Waals surface area (Å²) in [5, 5.41) is 5.06. The third kappa shape index (κ3) is 2.77. The van der Waals surface area contributed by atoms with Crippen molar-refractivity contribution in [2.45, 2.75) is 32.7 Å². The number of aromatic nitrogens is 6. The molecule has 0 atom stereocenters. The number of aryl methyl sites for hydroxylation is 1. The third-order valence-corrected chi connectivity index (χ3v) is 4.23. The van der Waals surface area contributed by atoms with Gasteiger partial charge in [-0.15, -0.1) is 5.10 Å². The van der Waals surface area contributed by atoms with E-state index in [-0.39, 0.29) is 5.56 Å². The van der Waals surface area contributed by atoms with Gasteiger partial charge < -0.3 is 4.57 Å². The fourth-order valence-corrected chi connectivity index (χ4v) is 2.89. The van der Waals surface area contributed by atoms with Gasteiger partial charge in [0.25, 0.3) is 11.3 Å². The van der Waals surface area contributed by atoms with Crippen LogP contribution in [0.3, 0.4) is 0 Å². The molecule has 4 aromatic heterocycles. The van der Waals surface area contributed by atoms with Crippen LogP contribution in [0.5, 0.6) is 0 Å². The number of rotatable bonds is 5. The lowest BCUT2D eigenvalue weighted by Gasteiger charge is -2.07. The predicted octanol–water partition coefficient (Wildman–Crippen LogP) is 2.69. The summed E-state index contributed by atoms with van der Waals surface area (Å²) in [5.41, 5.74) is 1.49. The van der Waals surface area contributed by atoms with Gasteiger partial charge in [-0.3, -0.25) is 9.78 Å². The average Bonchev–Trinajstić information content (AvgIpc) is 3.09. The highest BCUT2D eigenvalue weighted by molar-refractivity contribution is 5.79. The van der Waals surface area contributed by atoms with Crippen molar-refractivity contribution >= 4 is 16.7 Å². The van der Waals surface area contributed by atoms with Crippen molar-refractivity contribution in [2.24, 2.45) is 0 Å². The summed E-state index contributed by atoms with van der Waals surface area (Å²) in [4.78, 5) is 25.5. The molecule has 0 N–H and O–H groups in total. The highest BCUT2D eigenvalue weighted by Crippen LogP contribution is 2.16. The van der Waals surface area contributed by atoms with E-state index in [4.69, 9.17) is 0 Å². The SMILES string of the molecule is CCCCCn1ccc2c(cnc3nc(-c4cccnc4)nn32)c1=O. The Morgan fingerprint density at radius 2 is 2.08 bits per heavy atom. The Kier molecular flexibility index (Phi) is 3.97. The van der Waals surface area contributed by atoms with Crippen molar-refractivity contribution in [3.63, 3.8) is 0 Å². The second-order valence-electron chi connectivity index (χ2n) is 5.97. The maximum absolute atomic E-state index is 12.7. The standard InChI is InChI=1S/C18H18N6O/c1-2-3-4-9-23-10-7-15-14(17(23)25)12-20-18-21-16(22-24(15)18)13-6-5-8-19-11-13/h5-8,10-12H,2-4,9H2,1H3. The Bertz CT molecular complexity index is 1080. The highest BCUT2D eigenvalue weighted by atomic mass is 16.1. The van der Waals surface area contributed by atoms with Crippen LogP contribution in [0.4, 0.5) is 0 Å². The average molecular weight is 334 g/mol. The van der Waals surface area contributed by atoms with E-state index in [1.807, 2.05) is 24.4 Å². The molecule has 0 aliphatic carbocycles. The smallest absolute Gasteiger partial charge is 0.261 e. The molecule has 0 saturated heterocycles. The minimum absolute atomic E-state index is 0.0403. The van der Waals surface area contributed by atoms with Crippen molar-refractivity contribution in [1.82, 2.24) is 29.1 Å². The van der Waals surface area contributed by atoms with Gasteiger partial charge in [-0.05, 0) is 24.6 Å². The molecular weight excluding hydrogens is 316 g/mol. The zero-order chi connectivity index (χ0) is 17.2. The number of unbranched alkanes of at least 4 members (excludes halogenated alkanes) is 2. The summed E-state index contributed by atoms with van der Waals surface area (Å²) in [6.45, 7) is 2.87. The van der Waals surface area contributed by atoms with Crippen molar-refractivity contribution in [1.29, 1.82) is 0 Å². The summed E-state index contributed by atoms with van der Waals surface area (Å²) in [6.07, 6.45) is 10.0. The molecule has 0 fully saturated rings. The van der Waals surface area contributed by atoms with Gasteiger partial charge in [-0.1, -0.05) is 19.8 Å². The molecule has 4 rings (SSSR count). The number of nitrogens with zero attached hydrogens (tertiary/aromatic N) is 6. The summed E-state index contributed by atoms with van der Waals surface area (Å²) in [6, 6.07) is 5.63. The predicted molar refractivity (Wildman–Crippen MR) is 95.3 cm³/mol. The zero-order valence-electron chi connectivity index (χ0n) is 14.0. The summed E-state index contributed by atoms with van der Waals surface area (Å²) < 4.78 is 3.36. The van der Waals surface area contributed by atoms with Crippen LogP contribution in [0.15, 0.2) is 47.8 Å². The molecule has 7 nitrogen and oxygen atoms in total. The van der Waals surface area contributed by atoms with Gasteiger partial charge in [0.2, 0.25) is 0 Å². The minimum atomic E-state index is -0.0403. The van der Waals surface area contributed by atoms with Crippen LogP contribution >= 0.6 is 0 Å². The van der Waals surface area contributed by atoms with Crippen molar-refractivity contribution in [3.8, 4) is 11.4 Å². The fraction of sp³-hybridized carbons (Fsp3) is 0.278. The van der Waals surface area contributed by atoms with E-state index in [0.717, 1.165) is 31.4 Å². The lowest BCUT2D eigenvalue weighted by atomic mass is 10.2. The van der Waals surface area contributed by atoms with Crippen LogP contribution in [0.1, 0.15) is 26.2 Å². The molecule has 126 valence electrons. The first-order valence-corrected chi connectivity index (χ1v) is 8.43.